The Morgan fingerprint density at radius 3 is 2.17 bits per heavy atom. The molecule has 2 N–H and O–H groups in total. The molecular formula is C17H33N. The van der Waals surface area contributed by atoms with Crippen LogP contribution in [0.2, 0.25) is 0 Å². The summed E-state index contributed by atoms with van der Waals surface area (Å²) in [7, 11) is 0. The van der Waals surface area contributed by atoms with E-state index in [4.69, 9.17) is 5.73 Å². The van der Waals surface area contributed by atoms with E-state index in [1.165, 1.54) is 89.0 Å². The summed E-state index contributed by atoms with van der Waals surface area (Å²) in [6.07, 6.45) is 20.1. The summed E-state index contributed by atoms with van der Waals surface area (Å²) in [6, 6.07) is 0.372. The lowest BCUT2D eigenvalue weighted by atomic mass is 10.00. The molecule has 1 rings (SSSR count). The third-order valence-electron chi connectivity index (χ3n) is 4.17. The average molecular weight is 251 g/mol. The van der Waals surface area contributed by atoms with Crippen LogP contribution in [0.4, 0.5) is 0 Å². The van der Waals surface area contributed by atoms with Crippen molar-refractivity contribution in [3.05, 3.63) is 11.6 Å². The van der Waals surface area contributed by atoms with E-state index in [0.29, 0.717) is 6.04 Å². The van der Waals surface area contributed by atoms with Crippen molar-refractivity contribution in [2.45, 2.75) is 96.4 Å². The van der Waals surface area contributed by atoms with E-state index in [1.54, 1.807) is 0 Å². The molecule has 0 heterocycles. The number of hydrogen-bond acceptors (Lipinski definition) is 1. The van der Waals surface area contributed by atoms with Crippen molar-refractivity contribution >= 4 is 0 Å². The molecule has 0 aromatic rings. The maximum atomic E-state index is 6.21. The van der Waals surface area contributed by atoms with Crippen LogP contribution < -0.4 is 5.73 Å². The highest BCUT2D eigenvalue weighted by Crippen LogP contribution is 2.22. The Balaban J connectivity index is 1.83. The lowest BCUT2D eigenvalue weighted by molar-refractivity contribution is 0.539. The first-order chi connectivity index (χ1) is 8.84. The van der Waals surface area contributed by atoms with Crippen LogP contribution in [0.1, 0.15) is 90.4 Å². The van der Waals surface area contributed by atoms with E-state index in [2.05, 4.69) is 13.0 Å². The number of allylic oxidation sites excluding steroid dienone is 1. The highest BCUT2D eigenvalue weighted by atomic mass is 14.6. The third-order valence-corrected chi connectivity index (χ3v) is 4.17. The van der Waals surface area contributed by atoms with Crippen molar-refractivity contribution in [3.63, 3.8) is 0 Å². The molecule has 1 aliphatic rings. The molecule has 0 aliphatic heterocycles. The quantitative estimate of drug-likeness (QED) is 0.389. The Morgan fingerprint density at radius 1 is 1.00 bits per heavy atom. The smallest absolute Gasteiger partial charge is 0.0253 e. The van der Waals surface area contributed by atoms with Gasteiger partial charge in [0.1, 0.15) is 0 Å². The van der Waals surface area contributed by atoms with Gasteiger partial charge < -0.3 is 5.73 Å². The zero-order valence-electron chi connectivity index (χ0n) is 12.4. The minimum absolute atomic E-state index is 0.372. The molecule has 1 unspecified atom stereocenters. The standard InChI is InChI=1S/C17H33N/c1-2-3-4-5-6-7-8-9-10-15-17(18)16-13-11-12-14-16/h13,17H,2-12,14-15,18H2,1H3. The maximum absolute atomic E-state index is 6.21. The van der Waals surface area contributed by atoms with E-state index in [9.17, 15) is 0 Å². The molecule has 1 aliphatic carbocycles. The van der Waals surface area contributed by atoms with Crippen LogP contribution in [0, 0.1) is 0 Å². The number of nitrogens with two attached hydrogens (primary N) is 1. The second kappa shape index (κ2) is 10.6. The fourth-order valence-corrected chi connectivity index (χ4v) is 2.89. The van der Waals surface area contributed by atoms with Crippen molar-refractivity contribution in [3.8, 4) is 0 Å². The summed E-state index contributed by atoms with van der Waals surface area (Å²) in [6.45, 7) is 2.28. The van der Waals surface area contributed by atoms with E-state index in [0.717, 1.165) is 0 Å². The lowest BCUT2D eigenvalue weighted by Crippen LogP contribution is -2.21. The minimum atomic E-state index is 0.372. The maximum Gasteiger partial charge on any atom is 0.0253 e. The van der Waals surface area contributed by atoms with Gasteiger partial charge in [0.25, 0.3) is 0 Å². The molecule has 106 valence electrons. The molecule has 0 aromatic carbocycles. The van der Waals surface area contributed by atoms with E-state index >= 15 is 0 Å². The van der Waals surface area contributed by atoms with Gasteiger partial charge in [0, 0.05) is 6.04 Å². The molecule has 0 aromatic heterocycles. The Bertz CT molecular complexity index is 220. The predicted octanol–water partition coefficient (Wildman–Crippen LogP) is 5.34. The van der Waals surface area contributed by atoms with Crippen molar-refractivity contribution in [1.82, 2.24) is 0 Å². The Morgan fingerprint density at radius 2 is 1.61 bits per heavy atom. The van der Waals surface area contributed by atoms with Gasteiger partial charge in [-0.2, -0.15) is 0 Å². The van der Waals surface area contributed by atoms with Gasteiger partial charge in [-0.3, -0.25) is 0 Å². The van der Waals surface area contributed by atoms with Crippen molar-refractivity contribution in [1.29, 1.82) is 0 Å². The van der Waals surface area contributed by atoms with E-state index in [1.807, 2.05) is 0 Å². The van der Waals surface area contributed by atoms with Gasteiger partial charge in [-0.25, -0.2) is 0 Å². The second-order valence-electron chi connectivity index (χ2n) is 5.89. The summed E-state index contributed by atoms with van der Waals surface area (Å²) < 4.78 is 0. The highest BCUT2D eigenvalue weighted by Gasteiger charge is 2.12. The van der Waals surface area contributed by atoms with Gasteiger partial charge in [-0.05, 0) is 25.7 Å². The SMILES string of the molecule is CCCCCCCCCCCC(N)C1=CCCC1. The van der Waals surface area contributed by atoms with Gasteiger partial charge in [-0.1, -0.05) is 76.4 Å². The van der Waals surface area contributed by atoms with Crippen LogP contribution in [0.15, 0.2) is 11.6 Å². The van der Waals surface area contributed by atoms with Gasteiger partial charge in [0.2, 0.25) is 0 Å². The summed E-state index contributed by atoms with van der Waals surface area (Å²) in [5, 5.41) is 0. The van der Waals surface area contributed by atoms with Crippen LogP contribution in [-0.2, 0) is 0 Å². The number of hydrogen-bond donors (Lipinski definition) is 1. The Kier molecular flexibility index (Phi) is 9.28. The number of rotatable bonds is 11. The predicted molar refractivity (Wildman–Crippen MR) is 81.8 cm³/mol. The fourth-order valence-electron chi connectivity index (χ4n) is 2.89. The molecule has 0 saturated heterocycles. The van der Waals surface area contributed by atoms with Crippen molar-refractivity contribution < 1.29 is 0 Å². The number of unbranched alkanes of at least 4 members (excludes halogenated alkanes) is 8. The minimum Gasteiger partial charge on any atom is -0.324 e. The average Bonchev–Trinajstić information content (AvgIpc) is 2.90. The molecule has 0 spiro atoms. The summed E-state index contributed by atoms with van der Waals surface area (Å²) >= 11 is 0. The molecule has 1 nitrogen and oxygen atoms in total. The highest BCUT2D eigenvalue weighted by molar-refractivity contribution is 5.14. The molecule has 0 radical (unpaired) electrons. The molecule has 0 bridgehead atoms. The first-order valence-corrected chi connectivity index (χ1v) is 8.29. The van der Waals surface area contributed by atoms with Crippen LogP contribution in [-0.4, -0.2) is 6.04 Å². The van der Waals surface area contributed by atoms with Crippen molar-refractivity contribution in [2.75, 3.05) is 0 Å². The monoisotopic (exact) mass is 251 g/mol. The summed E-state index contributed by atoms with van der Waals surface area (Å²) in [5.74, 6) is 0. The normalized spacial score (nSPS) is 16.9. The lowest BCUT2D eigenvalue weighted by Gasteiger charge is -2.12. The van der Waals surface area contributed by atoms with Crippen molar-refractivity contribution in [2.24, 2.45) is 5.73 Å². The molecule has 18 heavy (non-hydrogen) atoms. The van der Waals surface area contributed by atoms with Gasteiger partial charge in [0.05, 0.1) is 0 Å². The van der Waals surface area contributed by atoms with Crippen LogP contribution in [0.3, 0.4) is 0 Å². The summed E-state index contributed by atoms with van der Waals surface area (Å²) in [4.78, 5) is 0. The van der Waals surface area contributed by atoms with Crippen LogP contribution in [0.25, 0.3) is 0 Å². The van der Waals surface area contributed by atoms with Gasteiger partial charge in [0.15, 0.2) is 0 Å². The first-order valence-electron chi connectivity index (χ1n) is 8.29. The fraction of sp³-hybridized carbons (Fsp3) is 0.882. The molecule has 0 fully saturated rings. The van der Waals surface area contributed by atoms with Gasteiger partial charge in [-0.15, -0.1) is 0 Å². The van der Waals surface area contributed by atoms with E-state index < -0.39 is 0 Å². The molecule has 0 saturated carbocycles. The Hall–Kier alpha value is -0.300. The zero-order chi connectivity index (χ0) is 13.1. The Labute approximate surface area is 114 Å². The first kappa shape index (κ1) is 15.8. The molecular weight excluding hydrogens is 218 g/mol. The van der Waals surface area contributed by atoms with Crippen LogP contribution >= 0.6 is 0 Å². The van der Waals surface area contributed by atoms with Gasteiger partial charge >= 0.3 is 0 Å². The molecule has 0 amide bonds. The van der Waals surface area contributed by atoms with E-state index in [-0.39, 0.29) is 0 Å². The largest absolute Gasteiger partial charge is 0.324 e. The topological polar surface area (TPSA) is 26.0 Å². The summed E-state index contributed by atoms with van der Waals surface area (Å²) in [5.41, 5.74) is 7.74. The third kappa shape index (κ3) is 7.20. The molecule has 1 atom stereocenters. The molecule has 1 heteroatoms. The second-order valence-corrected chi connectivity index (χ2v) is 5.89. The van der Waals surface area contributed by atoms with Crippen LogP contribution in [0.5, 0.6) is 0 Å². The zero-order valence-corrected chi connectivity index (χ0v) is 12.4.